The molecule has 0 amide bonds. The molecule has 1 fully saturated rings. The van der Waals surface area contributed by atoms with Gasteiger partial charge in [0.15, 0.2) is 0 Å². The first-order valence-corrected chi connectivity index (χ1v) is 5.90. The van der Waals surface area contributed by atoms with Gasteiger partial charge in [-0.1, -0.05) is 11.6 Å². The Labute approximate surface area is 100.0 Å². The molecule has 0 heterocycles. The topological polar surface area (TPSA) is 38.0 Å². The molecule has 0 spiro atoms. The van der Waals surface area contributed by atoms with Crippen molar-refractivity contribution in [2.75, 3.05) is 6.54 Å². The summed E-state index contributed by atoms with van der Waals surface area (Å²) >= 11 is 6.05. The number of nitrogens with one attached hydrogen (secondary N) is 1. The maximum atomic E-state index is 13.4. The van der Waals surface area contributed by atoms with Gasteiger partial charge in [0.1, 0.15) is 5.82 Å². The van der Waals surface area contributed by atoms with E-state index in [0.29, 0.717) is 28.7 Å². The molecular formula is C12H16ClFN2. The number of aryl methyl sites for hydroxylation is 1. The molecule has 1 aromatic rings. The third-order valence-electron chi connectivity index (χ3n) is 2.88. The summed E-state index contributed by atoms with van der Waals surface area (Å²) < 4.78 is 13.4. The molecule has 1 unspecified atom stereocenters. The fourth-order valence-electron chi connectivity index (χ4n) is 1.64. The van der Waals surface area contributed by atoms with Crippen molar-refractivity contribution < 1.29 is 4.39 Å². The fourth-order valence-corrected chi connectivity index (χ4v) is 2.00. The summed E-state index contributed by atoms with van der Waals surface area (Å²) in [5.41, 5.74) is 7.21. The minimum absolute atomic E-state index is 0.247. The molecule has 0 radical (unpaired) electrons. The van der Waals surface area contributed by atoms with E-state index in [4.69, 9.17) is 17.3 Å². The van der Waals surface area contributed by atoms with Crippen molar-refractivity contribution in [2.24, 2.45) is 5.73 Å². The number of benzene rings is 1. The molecule has 1 aliphatic carbocycles. The Morgan fingerprint density at radius 2 is 2.25 bits per heavy atom. The Morgan fingerprint density at radius 3 is 2.88 bits per heavy atom. The molecule has 1 aliphatic rings. The average molecular weight is 243 g/mol. The Balaban J connectivity index is 2.08. The van der Waals surface area contributed by atoms with Crippen LogP contribution in [-0.4, -0.2) is 12.6 Å². The van der Waals surface area contributed by atoms with Crippen LogP contribution in [-0.2, 0) is 0 Å². The smallest absolute Gasteiger partial charge is 0.126 e. The van der Waals surface area contributed by atoms with Crippen molar-refractivity contribution >= 4 is 11.6 Å². The third kappa shape index (κ3) is 2.73. The van der Waals surface area contributed by atoms with E-state index in [1.807, 2.05) is 0 Å². The van der Waals surface area contributed by atoms with Crippen LogP contribution in [0.5, 0.6) is 0 Å². The van der Waals surface area contributed by atoms with E-state index >= 15 is 0 Å². The summed E-state index contributed by atoms with van der Waals surface area (Å²) in [6.07, 6.45) is 2.42. The van der Waals surface area contributed by atoms with Crippen LogP contribution in [0.2, 0.25) is 5.02 Å². The first-order valence-electron chi connectivity index (χ1n) is 5.52. The van der Waals surface area contributed by atoms with E-state index in [0.717, 1.165) is 0 Å². The average Bonchev–Trinajstić information content (AvgIpc) is 3.03. The van der Waals surface area contributed by atoms with Gasteiger partial charge in [0.2, 0.25) is 0 Å². The zero-order chi connectivity index (χ0) is 11.7. The molecule has 0 saturated heterocycles. The molecular weight excluding hydrogens is 227 g/mol. The maximum Gasteiger partial charge on any atom is 0.126 e. The quantitative estimate of drug-likeness (QED) is 0.852. The first-order chi connectivity index (χ1) is 7.58. The van der Waals surface area contributed by atoms with Gasteiger partial charge in [0.05, 0.1) is 0 Å². The summed E-state index contributed by atoms with van der Waals surface area (Å²) in [5, 5.41) is 3.86. The Bertz CT molecular complexity index is 391. The molecule has 1 saturated carbocycles. The highest BCUT2D eigenvalue weighted by Crippen LogP contribution is 2.25. The van der Waals surface area contributed by atoms with Crippen LogP contribution >= 0.6 is 11.6 Å². The lowest BCUT2D eigenvalue weighted by Crippen LogP contribution is -2.28. The molecule has 1 atom stereocenters. The SMILES string of the molecule is Cc1cc(Cl)c(C(N)CNC2CC2)cc1F. The third-order valence-corrected chi connectivity index (χ3v) is 3.21. The van der Waals surface area contributed by atoms with Crippen LogP contribution in [0.15, 0.2) is 12.1 Å². The van der Waals surface area contributed by atoms with Crippen molar-refractivity contribution in [2.45, 2.75) is 31.8 Å². The van der Waals surface area contributed by atoms with Crippen LogP contribution < -0.4 is 11.1 Å². The summed E-state index contributed by atoms with van der Waals surface area (Å²) in [5.74, 6) is -0.249. The summed E-state index contributed by atoms with van der Waals surface area (Å²) in [7, 11) is 0. The largest absolute Gasteiger partial charge is 0.323 e. The first kappa shape index (κ1) is 11.8. The minimum Gasteiger partial charge on any atom is -0.323 e. The van der Waals surface area contributed by atoms with E-state index in [9.17, 15) is 4.39 Å². The molecule has 0 aromatic heterocycles. The van der Waals surface area contributed by atoms with Crippen molar-refractivity contribution in [3.8, 4) is 0 Å². The molecule has 2 rings (SSSR count). The van der Waals surface area contributed by atoms with Crippen molar-refractivity contribution in [3.63, 3.8) is 0 Å². The van der Waals surface area contributed by atoms with Gasteiger partial charge in [-0.05, 0) is 43.0 Å². The monoisotopic (exact) mass is 242 g/mol. The summed E-state index contributed by atoms with van der Waals surface area (Å²) in [6.45, 7) is 2.34. The van der Waals surface area contributed by atoms with Crippen LogP contribution in [0.4, 0.5) is 4.39 Å². The lowest BCUT2D eigenvalue weighted by molar-refractivity contribution is 0.581. The highest BCUT2D eigenvalue weighted by Gasteiger charge is 2.22. The predicted molar refractivity (Wildman–Crippen MR) is 64.1 cm³/mol. The van der Waals surface area contributed by atoms with Gasteiger partial charge in [-0.3, -0.25) is 0 Å². The normalized spacial score (nSPS) is 17.5. The standard InChI is InChI=1S/C12H16ClFN2/c1-7-4-10(13)9(5-11(7)14)12(15)6-16-8-2-3-8/h4-5,8,12,16H,2-3,6,15H2,1H3. The second-order valence-corrected chi connectivity index (χ2v) is 4.82. The van der Waals surface area contributed by atoms with Crippen LogP contribution in [0.1, 0.15) is 30.0 Å². The van der Waals surface area contributed by atoms with Gasteiger partial charge >= 0.3 is 0 Å². The van der Waals surface area contributed by atoms with Gasteiger partial charge < -0.3 is 11.1 Å². The molecule has 16 heavy (non-hydrogen) atoms. The number of rotatable bonds is 4. The lowest BCUT2D eigenvalue weighted by atomic mass is 10.1. The van der Waals surface area contributed by atoms with Gasteiger partial charge in [-0.25, -0.2) is 4.39 Å². The van der Waals surface area contributed by atoms with Crippen molar-refractivity contribution in [1.82, 2.24) is 5.32 Å². The van der Waals surface area contributed by atoms with Gasteiger partial charge in [-0.2, -0.15) is 0 Å². The van der Waals surface area contributed by atoms with E-state index < -0.39 is 0 Å². The highest BCUT2D eigenvalue weighted by atomic mass is 35.5. The number of hydrogen-bond donors (Lipinski definition) is 2. The van der Waals surface area contributed by atoms with E-state index in [1.165, 1.54) is 18.9 Å². The molecule has 88 valence electrons. The van der Waals surface area contributed by atoms with E-state index in [-0.39, 0.29) is 11.9 Å². The highest BCUT2D eigenvalue weighted by molar-refractivity contribution is 6.31. The molecule has 3 N–H and O–H groups in total. The second-order valence-electron chi connectivity index (χ2n) is 4.41. The Morgan fingerprint density at radius 1 is 1.56 bits per heavy atom. The summed E-state index contributed by atoms with van der Waals surface area (Å²) in [4.78, 5) is 0. The van der Waals surface area contributed by atoms with Gasteiger partial charge in [0, 0.05) is 23.7 Å². The molecule has 0 aliphatic heterocycles. The van der Waals surface area contributed by atoms with Crippen LogP contribution in [0, 0.1) is 12.7 Å². The van der Waals surface area contributed by atoms with Crippen molar-refractivity contribution in [3.05, 3.63) is 34.1 Å². The van der Waals surface area contributed by atoms with Crippen LogP contribution in [0.25, 0.3) is 0 Å². The van der Waals surface area contributed by atoms with E-state index in [2.05, 4.69) is 5.32 Å². The van der Waals surface area contributed by atoms with Gasteiger partial charge in [-0.15, -0.1) is 0 Å². The zero-order valence-corrected chi connectivity index (χ0v) is 10.0. The molecule has 1 aromatic carbocycles. The molecule has 2 nitrogen and oxygen atoms in total. The van der Waals surface area contributed by atoms with Crippen molar-refractivity contribution in [1.29, 1.82) is 0 Å². The summed E-state index contributed by atoms with van der Waals surface area (Å²) in [6, 6.07) is 3.42. The Kier molecular flexibility index (Phi) is 3.47. The van der Waals surface area contributed by atoms with Gasteiger partial charge in [0.25, 0.3) is 0 Å². The number of hydrogen-bond acceptors (Lipinski definition) is 2. The van der Waals surface area contributed by atoms with E-state index in [1.54, 1.807) is 13.0 Å². The molecule has 0 bridgehead atoms. The second kappa shape index (κ2) is 4.70. The Hall–Kier alpha value is -0.640. The number of nitrogens with two attached hydrogens (primary N) is 1. The molecule has 4 heteroatoms. The van der Waals surface area contributed by atoms with Crippen LogP contribution in [0.3, 0.4) is 0 Å². The minimum atomic E-state index is -0.249. The fraction of sp³-hybridized carbons (Fsp3) is 0.500. The predicted octanol–water partition coefficient (Wildman–Crippen LogP) is 2.54. The number of halogens is 2. The lowest BCUT2D eigenvalue weighted by Gasteiger charge is -2.15. The maximum absolute atomic E-state index is 13.4. The zero-order valence-electron chi connectivity index (χ0n) is 9.26.